The van der Waals surface area contributed by atoms with E-state index in [-0.39, 0.29) is 35.0 Å². The Labute approximate surface area is 241 Å². The summed E-state index contributed by atoms with van der Waals surface area (Å²) in [6, 6.07) is 6.08. The largest absolute Gasteiger partial charge is 0.461 e. The molecule has 2 aromatic heterocycles. The second-order valence-electron chi connectivity index (χ2n) is 11.7. The number of benzene rings is 2. The molecule has 2 atom stereocenters. The van der Waals surface area contributed by atoms with Gasteiger partial charge in [0.15, 0.2) is 5.82 Å². The summed E-state index contributed by atoms with van der Waals surface area (Å²) in [7, 11) is 0. The highest BCUT2D eigenvalue weighted by Crippen LogP contribution is 2.41. The fourth-order valence-corrected chi connectivity index (χ4v) is 7.06. The Morgan fingerprint density at radius 3 is 2.74 bits per heavy atom. The highest BCUT2D eigenvalue weighted by molar-refractivity contribution is 6.03. The van der Waals surface area contributed by atoms with Crippen molar-refractivity contribution >= 4 is 33.2 Å². The number of nitrogens with two attached hydrogens (primary N) is 1. The molecule has 0 saturated carbocycles. The van der Waals surface area contributed by atoms with Gasteiger partial charge >= 0.3 is 6.01 Å². The number of alkyl halides is 1. The number of fused-ring (bicyclic) bond motifs is 3. The van der Waals surface area contributed by atoms with Crippen LogP contribution >= 0.6 is 0 Å². The number of hydrogen-bond acceptors (Lipinski definition) is 7. The summed E-state index contributed by atoms with van der Waals surface area (Å²) in [5, 5.41) is 1.37. The third-order valence-electron chi connectivity index (χ3n) is 9.02. The number of hydrogen-bond donors (Lipinski definition) is 1. The van der Waals surface area contributed by atoms with Crippen molar-refractivity contribution < 1.29 is 17.9 Å². The van der Waals surface area contributed by atoms with Crippen molar-refractivity contribution in [2.24, 2.45) is 0 Å². The van der Waals surface area contributed by atoms with E-state index >= 15 is 4.39 Å². The van der Waals surface area contributed by atoms with Crippen LogP contribution in [0.15, 0.2) is 30.5 Å². The van der Waals surface area contributed by atoms with Gasteiger partial charge in [-0.15, -0.1) is 6.42 Å². The zero-order valence-corrected chi connectivity index (χ0v) is 23.2. The quantitative estimate of drug-likeness (QED) is 0.245. The van der Waals surface area contributed by atoms with Crippen LogP contribution in [-0.2, 0) is 0 Å². The predicted molar refractivity (Wildman–Crippen MR) is 157 cm³/mol. The summed E-state index contributed by atoms with van der Waals surface area (Å²) < 4.78 is 51.9. The van der Waals surface area contributed by atoms with Gasteiger partial charge in [0.2, 0.25) is 0 Å². The molecule has 0 unspecified atom stereocenters. The van der Waals surface area contributed by atoms with Crippen molar-refractivity contribution in [1.29, 1.82) is 0 Å². The monoisotopic (exact) mass is 572 g/mol. The smallest absolute Gasteiger partial charge is 0.319 e. The molecule has 10 heteroatoms. The molecule has 3 aliphatic heterocycles. The number of rotatable bonds is 5. The van der Waals surface area contributed by atoms with Crippen LogP contribution in [0, 0.1) is 24.0 Å². The molecule has 0 spiro atoms. The van der Waals surface area contributed by atoms with E-state index in [4.69, 9.17) is 21.9 Å². The summed E-state index contributed by atoms with van der Waals surface area (Å²) in [5.41, 5.74) is 6.40. The lowest BCUT2D eigenvalue weighted by Gasteiger charge is -2.31. The molecule has 3 aliphatic rings. The van der Waals surface area contributed by atoms with Crippen LogP contribution in [0.3, 0.4) is 0 Å². The SMILES string of the molecule is C#Cc1c(F)ccc2cc(N)cc(-c3ncc4c(N5CCCCC5)nc(OC[C@@]56CCCN5C[C@H](F)C6)nc4c3F)c12. The zero-order valence-electron chi connectivity index (χ0n) is 23.2. The second-order valence-corrected chi connectivity index (χ2v) is 11.7. The van der Waals surface area contributed by atoms with Gasteiger partial charge in [-0.3, -0.25) is 9.88 Å². The zero-order chi connectivity index (χ0) is 29.0. The first-order chi connectivity index (χ1) is 20.4. The molecule has 2 aromatic carbocycles. The Bertz CT molecular complexity index is 1750. The molecule has 7 rings (SSSR count). The maximum absolute atomic E-state index is 16.6. The summed E-state index contributed by atoms with van der Waals surface area (Å²) in [5.74, 6) is 1.65. The van der Waals surface area contributed by atoms with Crippen molar-refractivity contribution in [2.75, 3.05) is 43.4 Å². The fraction of sp³-hybridized carbons (Fsp3) is 0.406. The van der Waals surface area contributed by atoms with E-state index in [9.17, 15) is 8.78 Å². The lowest BCUT2D eigenvalue weighted by atomic mass is 9.95. The fourth-order valence-electron chi connectivity index (χ4n) is 7.06. The van der Waals surface area contributed by atoms with Crippen molar-refractivity contribution in [3.63, 3.8) is 0 Å². The van der Waals surface area contributed by atoms with Crippen LogP contribution < -0.4 is 15.4 Å². The third kappa shape index (κ3) is 4.38. The van der Waals surface area contributed by atoms with Crippen LogP contribution in [0.5, 0.6) is 6.01 Å². The summed E-state index contributed by atoms with van der Waals surface area (Å²) in [6.07, 6.45) is 11.6. The van der Waals surface area contributed by atoms with Gasteiger partial charge in [-0.2, -0.15) is 9.97 Å². The van der Waals surface area contributed by atoms with Crippen molar-refractivity contribution in [3.05, 3.63) is 47.7 Å². The second kappa shape index (κ2) is 10.3. The van der Waals surface area contributed by atoms with Crippen LogP contribution in [0.4, 0.5) is 24.7 Å². The minimum atomic E-state index is -0.896. The van der Waals surface area contributed by atoms with E-state index in [1.54, 1.807) is 24.4 Å². The van der Waals surface area contributed by atoms with Gasteiger partial charge in [0.25, 0.3) is 0 Å². The lowest BCUT2D eigenvalue weighted by Crippen LogP contribution is -2.43. The van der Waals surface area contributed by atoms with Gasteiger partial charge in [-0.05, 0) is 62.2 Å². The average molecular weight is 573 g/mol. The lowest BCUT2D eigenvalue weighted by molar-refractivity contribution is 0.107. The Kier molecular flexibility index (Phi) is 6.58. The van der Waals surface area contributed by atoms with E-state index in [0.29, 0.717) is 40.6 Å². The number of pyridine rings is 1. The molecule has 4 aromatic rings. The van der Waals surface area contributed by atoms with Gasteiger partial charge in [-0.25, -0.2) is 13.2 Å². The first-order valence-electron chi connectivity index (χ1n) is 14.5. The topological polar surface area (TPSA) is 80.4 Å². The number of anilines is 2. The molecule has 0 radical (unpaired) electrons. The molecule has 0 amide bonds. The number of piperidine rings is 1. The van der Waals surface area contributed by atoms with Gasteiger partial charge in [-0.1, -0.05) is 12.0 Å². The number of terminal acetylenes is 1. The number of nitrogens with zero attached hydrogens (tertiary/aromatic N) is 5. The van der Waals surface area contributed by atoms with Crippen molar-refractivity contribution in [2.45, 2.75) is 50.2 Å². The minimum absolute atomic E-state index is 0.00705. The van der Waals surface area contributed by atoms with Crippen LogP contribution in [-0.4, -0.2) is 64.3 Å². The highest BCUT2D eigenvalue weighted by Gasteiger charge is 2.49. The number of halogens is 3. The van der Waals surface area contributed by atoms with Crippen LogP contribution in [0.2, 0.25) is 0 Å². The van der Waals surface area contributed by atoms with E-state index < -0.39 is 23.3 Å². The Morgan fingerprint density at radius 2 is 1.93 bits per heavy atom. The van der Waals surface area contributed by atoms with Gasteiger partial charge in [0, 0.05) is 48.9 Å². The number of ether oxygens (including phenoxy) is 1. The van der Waals surface area contributed by atoms with Gasteiger partial charge < -0.3 is 15.4 Å². The first kappa shape index (κ1) is 26.8. The predicted octanol–water partition coefficient (Wildman–Crippen LogP) is 5.63. The standard InChI is InChI=1S/C32H31F3N6O/c1-2-22-25(34)8-7-19-13-21(36)14-23(26(19)22)28-27(35)29-24(16-37-28)30(40-10-4-3-5-11-40)39-31(38-29)42-18-32-9-6-12-41(32)17-20(33)15-32/h1,7-8,13-14,16,20H,3-6,9-12,15,17-18,36H2/t20-,32+/m1/s1. The van der Waals surface area contributed by atoms with E-state index in [0.717, 1.165) is 51.7 Å². The summed E-state index contributed by atoms with van der Waals surface area (Å²) in [4.78, 5) is 18.0. The summed E-state index contributed by atoms with van der Waals surface area (Å²) in [6.45, 7) is 2.99. The average Bonchev–Trinajstić information content (AvgIpc) is 3.52. The molecule has 5 heterocycles. The van der Waals surface area contributed by atoms with Crippen molar-refractivity contribution in [1.82, 2.24) is 19.9 Å². The molecule has 216 valence electrons. The third-order valence-corrected chi connectivity index (χ3v) is 9.02. The van der Waals surface area contributed by atoms with Gasteiger partial charge in [0.1, 0.15) is 35.6 Å². The molecule has 3 saturated heterocycles. The molecule has 7 nitrogen and oxygen atoms in total. The van der Waals surface area contributed by atoms with E-state index in [2.05, 4.69) is 25.7 Å². The molecular weight excluding hydrogens is 541 g/mol. The normalized spacial score (nSPS) is 22.5. The first-order valence-corrected chi connectivity index (χ1v) is 14.5. The molecule has 0 bridgehead atoms. The van der Waals surface area contributed by atoms with Crippen LogP contribution in [0.1, 0.15) is 44.1 Å². The Balaban J connectivity index is 1.38. The maximum atomic E-state index is 16.6. The molecule has 2 N–H and O–H groups in total. The number of aromatic nitrogens is 3. The number of nitrogen functional groups attached to an aromatic ring is 1. The molecular formula is C32H31F3N6O. The minimum Gasteiger partial charge on any atom is -0.461 e. The maximum Gasteiger partial charge on any atom is 0.319 e. The van der Waals surface area contributed by atoms with Crippen LogP contribution in [0.25, 0.3) is 32.9 Å². The van der Waals surface area contributed by atoms with E-state index in [1.165, 1.54) is 6.07 Å². The van der Waals surface area contributed by atoms with E-state index in [1.807, 2.05) is 0 Å². The molecule has 3 fully saturated rings. The Hall–Kier alpha value is -4.10. The highest BCUT2D eigenvalue weighted by atomic mass is 19.1. The summed E-state index contributed by atoms with van der Waals surface area (Å²) >= 11 is 0. The van der Waals surface area contributed by atoms with Gasteiger partial charge in [0.05, 0.1) is 16.5 Å². The van der Waals surface area contributed by atoms with Crippen molar-refractivity contribution in [3.8, 4) is 29.6 Å². The Morgan fingerprint density at radius 1 is 1.10 bits per heavy atom. The molecule has 42 heavy (non-hydrogen) atoms. The molecule has 0 aliphatic carbocycles.